The van der Waals surface area contributed by atoms with Gasteiger partial charge in [-0.25, -0.2) is 4.68 Å². The van der Waals surface area contributed by atoms with Crippen LogP contribution >= 0.6 is 23.2 Å². The summed E-state index contributed by atoms with van der Waals surface area (Å²) in [7, 11) is 0. The minimum atomic E-state index is -4.55. The van der Waals surface area contributed by atoms with Gasteiger partial charge in [-0.3, -0.25) is 4.79 Å². The van der Waals surface area contributed by atoms with E-state index in [0.717, 1.165) is 4.68 Å². The van der Waals surface area contributed by atoms with Gasteiger partial charge in [0.1, 0.15) is 10.8 Å². The first-order valence-electron chi connectivity index (χ1n) is 8.79. The van der Waals surface area contributed by atoms with Crippen molar-refractivity contribution >= 4 is 34.9 Å². The standard InChI is InChI=1S/C18H19Cl2F3N4O/c1-3-9(2)24-17(28)15-14(20)16-25-12(10-4-6-11(19)7-5-10)8-13(18(21,22)23)27(16)26-15/h4-7,9,12-13,25H,3,8H2,1-2H3,(H,24,28)/t9-,12+,13+/m0/s1. The van der Waals surface area contributed by atoms with Crippen LogP contribution in [0.2, 0.25) is 10.0 Å². The van der Waals surface area contributed by atoms with Gasteiger partial charge in [-0.05, 0) is 31.0 Å². The van der Waals surface area contributed by atoms with Gasteiger partial charge in [0.05, 0.1) is 6.04 Å². The number of hydrogen-bond acceptors (Lipinski definition) is 3. The van der Waals surface area contributed by atoms with E-state index in [-0.39, 0.29) is 29.0 Å². The molecule has 2 N–H and O–H groups in total. The van der Waals surface area contributed by atoms with Crippen molar-refractivity contribution in [3.8, 4) is 0 Å². The van der Waals surface area contributed by atoms with Crippen LogP contribution in [0.5, 0.6) is 0 Å². The Bertz CT molecular complexity index is 867. The zero-order valence-corrected chi connectivity index (χ0v) is 16.7. The normalized spacial score (nSPS) is 20.2. The topological polar surface area (TPSA) is 59.0 Å². The zero-order valence-electron chi connectivity index (χ0n) is 15.1. The van der Waals surface area contributed by atoms with Gasteiger partial charge in [-0.15, -0.1) is 0 Å². The molecule has 0 saturated heterocycles. The van der Waals surface area contributed by atoms with Crippen LogP contribution in [0.3, 0.4) is 0 Å². The molecule has 2 aromatic rings. The van der Waals surface area contributed by atoms with Gasteiger partial charge >= 0.3 is 6.18 Å². The Kier molecular flexibility index (Phi) is 5.82. The first-order chi connectivity index (χ1) is 13.1. The van der Waals surface area contributed by atoms with E-state index < -0.39 is 24.2 Å². The molecule has 1 aliphatic rings. The Labute approximate surface area is 170 Å². The van der Waals surface area contributed by atoms with E-state index in [1.54, 1.807) is 31.2 Å². The van der Waals surface area contributed by atoms with Crippen molar-refractivity contribution in [2.45, 2.75) is 51.0 Å². The molecule has 5 nitrogen and oxygen atoms in total. The third-order valence-corrected chi connectivity index (χ3v) is 5.38. The van der Waals surface area contributed by atoms with Crippen molar-refractivity contribution in [3.05, 3.63) is 45.6 Å². The van der Waals surface area contributed by atoms with E-state index in [4.69, 9.17) is 23.2 Å². The van der Waals surface area contributed by atoms with Crippen molar-refractivity contribution in [2.24, 2.45) is 0 Å². The molecule has 0 fully saturated rings. The molecular formula is C18H19Cl2F3N4O. The van der Waals surface area contributed by atoms with E-state index in [9.17, 15) is 18.0 Å². The fraction of sp³-hybridized carbons (Fsp3) is 0.444. The third-order valence-electron chi connectivity index (χ3n) is 4.77. The maximum atomic E-state index is 13.7. The van der Waals surface area contributed by atoms with Crippen LogP contribution in [0.4, 0.5) is 19.0 Å². The van der Waals surface area contributed by atoms with Crippen molar-refractivity contribution in [1.29, 1.82) is 0 Å². The van der Waals surface area contributed by atoms with Gasteiger partial charge in [0.25, 0.3) is 5.91 Å². The molecule has 0 bridgehead atoms. The number of fused-ring (bicyclic) bond motifs is 1. The minimum absolute atomic E-state index is 0.0236. The number of hydrogen-bond donors (Lipinski definition) is 2. The zero-order chi connectivity index (χ0) is 20.6. The Hall–Kier alpha value is -1.93. The van der Waals surface area contributed by atoms with Crippen LogP contribution < -0.4 is 10.6 Å². The summed E-state index contributed by atoms with van der Waals surface area (Å²) in [5.74, 6) is -0.628. The number of rotatable bonds is 4. The molecule has 152 valence electrons. The summed E-state index contributed by atoms with van der Waals surface area (Å²) in [6, 6.07) is 3.81. The first kappa shape index (κ1) is 20.8. The second-order valence-electron chi connectivity index (χ2n) is 6.78. The molecule has 0 aliphatic carbocycles. The minimum Gasteiger partial charge on any atom is -0.362 e. The lowest BCUT2D eigenvalue weighted by atomic mass is 9.97. The second-order valence-corrected chi connectivity index (χ2v) is 7.59. The van der Waals surface area contributed by atoms with Gasteiger partial charge in [-0.2, -0.15) is 18.3 Å². The summed E-state index contributed by atoms with van der Waals surface area (Å²) < 4.78 is 41.9. The predicted octanol–water partition coefficient (Wildman–Crippen LogP) is 5.38. The summed E-state index contributed by atoms with van der Waals surface area (Å²) in [5, 5.41) is 9.92. The van der Waals surface area contributed by atoms with Crippen LogP contribution in [0.1, 0.15) is 54.8 Å². The summed E-state index contributed by atoms with van der Waals surface area (Å²) in [6.45, 7) is 3.66. The first-order valence-corrected chi connectivity index (χ1v) is 9.55. The van der Waals surface area contributed by atoms with E-state index in [1.807, 2.05) is 6.92 Å². The monoisotopic (exact) mass is 434 g/mol. The van der Waals surface area contributed by atoms with Crippen molar-refractivity contribution < 1.29 is 18.0 Å². The smallest absolute Gasteiger partial charge is 0.362 e. The van der Waals surface area contributed by atoms with Gasteiger partial charge in [-0.1, -0.05) is 42.3 Å². The van der Waals surface area contributed by atoms with Crippen LogP contribution in [-0.2, 0) is 0 Å². The largest absolute Gasteiger partial charge is 0.410 e. The summed E-state index contributed by atoms with van der Waals surface area (Å²) in [6.07, 6.45) is -4.18. The summed E-state index contributed by atoms with van der Waals surface area (Å²) >= 11 is 12.1. The number of amides is 1. The molecule has 0 unspecified atom stereocenters. The molecule has 1 amide bonds. The average molecular weight is 435 g/mol. The lowest BCUT2D eigenvalue weighted by Crippen LogP contribution is -2.36. The van der Waals surface area contributed by atoms with E-state index in [1.165, 1.54) is 0 Å². The van der Waals surface area contributed by atoms with E-state index in [0.29, 0.717) is 17.0 Å². The van der Waals surface area contributed by atoms with Crippen LogP contribution in [0.15, 0.2) is 24.3 Å². The Morgan fingerprint density at radius 1 is 1.36 bits per heavy atom. The molecular weight excluding hydrogens is 416 g/mol. The van der Waals surface area contributed by atoms with Crippen LogP contribution in [-0.4, -0.2) is 27.9 Å². The van der Waals surface area contributed by atoms with Gasteiger partial charge in [0.15, 0.2) is 11.7 Å². The Balaban J connectivity index is 2.00. The number of halogens is 5. The van der Waals surface area contributed by atoms with Crippen molar-refractivity contribution in [2.75, 3.05) is 5.32 Å². The Morgan fingerprint density at radius 3 is 2.57 bits per heavy atom. The summed E-state index contributed by atoms with van der Waals surface area (Å²) in [5.41, 5.74) is 0.406. The highest BCUT2D eigenvalue weighted by Gasteiger charge is 2.47. The molecule has 1 aromatic heterocycles. The average Bonchev–Trinajstić information content (AvgIpc) is 2.97. The molecule has 0 spiro atoms. The highest BCUT2D eigenvalue weighted by Crippen LogP contribution is 2.46. The maximum Gasteiger partial charge on any atom is 0.410 e. The molecule has 0 saturated carbocycles. The quantitative estimate of drug-likeness (QED) is 0.678. The predicted molar refractivity (Wildman–Crippen MR) is 102 cm³/mol. The lowest BCUT2D eigenvalue weighted by molar-refractivity contribution is -0.173. The number of nitrogens with one attached hydrogen (secondary N) is 2. The second kappa shape index (κ2) is 7.83. The lowest BCUT2D eigenvalue weighted by Gasteiger charge is -2.33. The molecule has 3 atom stereocenters. The van der Waals surface area contributed by atoms with Crippen LogP contribution in [0.25, 0.3) is 0 Å². The SMILES string of the molecule is CC[C@H](C)NC(=O)c1nn2c(c1Cl)N[C@@H](c1ccc(Cl)cc1)C[C@@H]2C(F)(F)F. The van der Waals surface area contributed by atoms with Crippen molar-refractivity contribution in [1.82, 2.24) is 15.1 Å². The molecule has 1 aliphatic heterocycles. The number of carbonyl (C=O) groups excluding carboxylic acids is 1. The highest BCUT2D eigenvalue weighted by atomic mass is 35.5. The van der Waals surface area contributed by atoms with E-state index >= 15 is 0 Å². The number of aromatic nitrogens is 2. The van der Waals surface area contributed by atoms with Crippen LogP contribution in [0, 0.1) is 0 Å². The number of benzene rings is 1. The molecule has 2 heterocycles. The highest BCUT2D eigenvalue weighted by molar-refractivity contribution is 6.36. The number of carbonyl (C=O) groups is 1. The number of anilines is 1. The van der Waals surface area contributed by atoms with E-state index in [2.05, 4.69) is 15.7 Å². The molecule has 28 heavy (non-hydrogen) atoms. The van der Waals surface area contributed by atoms with Gasteiger partial charge in [0.2, 0.25) is 0 Å². The van der Waals surface area contributed by atoms with Gasteiger partial charge < -0.3 is 10.6 Å². The molecule has 0 radical (unpaired) electrons. The number of nitrogens with zero attached hydrogens (tertiary/aromatic N) is 2. The maximum absolute atomic E-state index is 13.7. The van der Waals surface area contributed by atoms with Crippen molar-refractivity contribution in [3.63, 3.8) is 0 Å². The fourth-order valence-electron chi connectivity index (χ4n) is 3.04. The molecule has 1 aromatic carbocycles. The third kappa shape index (κ3) is 4.07. The molecule has 10 heteroatoms. The summed E-state index contributed by atoms with van der Waals surface area (Å²) in [4.78, 5) is 12.4. The van der Waals surface area contributed by atoms with Gasteiger partial charge in [0, 0.05) is 17.5 Å². The Morgan fingerprint density at radius 2 is 2.00 bits per heavy atom. The molecule has 3 rings (SSSR count). The fourth-order valence-corrected chi connectivity index (χ4v) is 3.43. The number of alkyl halides is 3.